The number of carbonyl (C=O) groups excluding carboxylic acids is 1. The van der Waals surface area contributed by atoms with Gasteiger partial charge in [0.1, 0.15) is 5.82 Å². The predicted molar refractivity (Wildman–Crippen MR) is 70.3 cm³/mol. The quantitative estimate of drug-likeness (QED) is 0.905. The molecule has 0 saturated carbocycles. The van der Waals surface area contributed by atoms with Crippen molar-refractivity contribution in [1.29, 1.82) is 0 Å². The smallest absolute Gasteiger partial charge is 0.264 e. The van der Waals surface area contributed by atoms with Gasteiger partial charge in [0.25, 0.3) is 5.91 Å². The molecular formula is C14H17FN2O2. The molecule has 0 aliphatic carbocycles. The molecular weight excluding hydrogens is 247 g/mol. The molecule has 0 spiro atoms. The van der Waals surface area contributed by atoms with Gasteiger partial charge in [0.15, 0.2) is 0 Å². The van der Waals surface area contributed by atoms with Crippen molar-refractivity contribution in [3.05, 3.63) is 35.6 Å². The lowest BCUT2D eigenvalue weighted by atomic mass is 10.0. The van der Waals surface area contributed by atoms with Crippen LogP contribution in [0.3, 0.4) is 0 Å². The Morgan fingerprint density at radius 2 is 2.26 bits per heavy atom. The summed E-state index contributed by atoms with van der Waals surface area (Å²) >= 11 is 0. The average Bonchev–Trinajstić information content (AvgIpc) is 2.86. The number of halogens is 1. The van der Waals surface area contributed by atoms with Gasteiger partial charge in [-0.15, -0.1) is 0 Å². The van der Waals surface area contributed by atoms with Gasteiger partial charge in [0, 0.05) is 18.5 Å². The van der Waals surface area contributed by atoms with Crippen LogP contribution in [0.5, 0.6) is 0 Å². The van der Waals surface area contributed by atoms with Gasteiger partial charge in [-0.25, -0.2) is 4.39 Å². The summed E-state index contributed by atoms with van der Waals surface area (Å²) in [6.07, 6.45) is -0.362. The third kappa shape index (κ3) is 3.30. The summed E-state index contributed by atoms with van der Waals surface area (Å²) in [5.74, 6) is -0.186. The van der Waals surface area contributed by atoms with Crippen LogP contribution in [0.15, 0.2) is 29.4 Å². The summed E-state index contributed by atoms with van der Waals surface area (Å²) in [6, 6.07) is 6.34. The van der Waals surface area contributed by atoms with Crippen LogP contribution in [0.1, 0.15) is 25.8 Å². The zero-order valence-corrected chi connectivity index (χ0v) is 11.0. The Kier molecular flexibility index (Phi) is 4.14. The maximum absolute atomic E-state index is 13.6. The van der Waals surface area contributed by atoms with E-state index in [1.54, 1.807) is 18.2 Å². The van der Waals surface area contributed by atoms with Crippen molar-refractivity contribution >= 4 is 11.6 Å². The SMILES string of the molecule is CC(C)CNC(=O)[C@H]1CC(c2ccccc2F)=NO1. The Hall–Kier alpha value is -1.91. The third-order valence-electron chi connectivity index (χ3n) is 2.83. The fourth-order valence-corrected chi connectivity index (χ4v) is 1.79. The van der Waals surface area contributed by atoms with Crippen LogP contribution in [0.2, 0.25) is 0 Å². The van der Waals surface area contributed by atoms with E-state index in [4.69, 9.17) is 4.84 Å². The van der Waals surface area contributed by atoms with Crippen LogP contribution in [-0.4, -0.2) is 24.3 Å². The highest BCUT2D eigenvalue weighted by molar-refractivity contribution is 6.04. The number of carbonyl (C=O) groups is 1. The van der Waals surface area contributed by atoms with Crippen LogP contribution in [0.25, 0.3) is 0 Å². The standard InChI is InChI=1S/C14H17FN2O2/c1-9(2)8-16-14(18)13-7-12(17-19-13)10-5-3-4-6-11(10)15/h3-6,9,13H,7-8H2,1-2H3,(H,16,18)/t13-/m1/s1. The van der Waals surface area contributed by atoms with Gasteiger partial charge < -0.3 is 10.2 Å². The Balaban J connectivity index is 1.96. The fourth-order valence-electron chi connectivity index (χ4n) is 1.79. The minimum absolute atomic E-state index is 0.205. The molecule has 1 aromatic rings. The molecule has 1 aliphatic rings. The second kappa shape index (κ2) is 5.82. The number of hydrogen-bond donors (Lipinski definition) is 1. The maximum Gasteiger partial charge on any atom is 0.264 e. The van der Waals surface area contributed by atoms with E-state index in [1.807, 2.05) is 13.8 Å². The average molecular weight is 264 g/mol. The molecule has 0 saturated heterocycles. The van der Waals surface area contributed by atoms with E-state index in [-0.39, 0.29) is 11.7 Å². The number of nitrogens with zero attached hydrogens (tertiary/aromatic N) is 1. The molecule has 2 rings (SSSR count). The summed E-state index contributed by atoms with van der Waals surface area (Å²) in [6.45, 7) is 4.61. The number of oxime groups is 1. The van der Waals surface area contributed by atoms with Gasteiger partial charge in [-0.3, -0.25) is 4.79 Å². The molecule has 19 heavy (non-hydrogen) atoms. The van der Waals surface area contributed by atoms with Crippen LogP contribution in [0, 0.1) is 11.7 Å². The topological polar surface area (TPSA) is 50.7 Å². The first-order valence-electron chi connectivity index (χ1n) is 6.33. The van der Waals surface area contributed by atoms with Gasteiger partial charge in [-0.05, 0) is 12.0 Å². The molecule has 0 aromatic heterocycles. The van der Waals surface area contributed by atoms with Gasteiger partial charge in [-0.2, -0.15) is 0 Å². The molecule has 1 N–H and O–H groups in total. The lowest BCUT2D eigenvalue weighted by Crippen LogP contribution is -2.36. The molecule has 0 bridgehead atoms. The highest BCUT2D eigenvalue weighted by atomic mass is 19.1. The van der Waals surface area contributed by atoms with Gasteiger partial charge in [-0.1, -0.05) is 37.2 Å². The fraction of sp³-hybridized carbons (Fsp3) is 0.429. The molecule has 1 aliphatic heterocycles. The Morgan fingerprint density at radius 3 is 2.95 bits per heavy atom. The van der Waals surface area contributed by atoms with Crippen molar-refractivity contribution in [1.82, 2.24) is 5.32 Å². The Morgan fingerprint density at radius 1 is 1.53 bits per heavy atom. The van der Waals surface area contributed by atoms with E-state index >= 15 is 0 Å². The zero-order chi connectivity index (χ0) is 13.8. The zero-order valence-electron chi connectivity index (χ0n) is 11.0. The van der Waals surface area contributed by atoms with Crippen LogP contribution in [0.4, 0.5) is 4.39 Å². The second-order valence-electron chi connectivity index (χ2n) is 4.96. The third-order valence-corrected chi connectivity index (χ3v) is 2.83. The van der Waals surface area contributed by atoms with Crippen molar-refractivity contribution in [2.75, 3.05) is 6.54 Å². The largest absolute Gasteiger partial charge is 0.382 e. The van der Waals surface area contributed by atoms with Crippen LogP contribution in [-0.2, 0) is 9.63 Å². The Bertz CT molecular complexity index is 500. The van der Waals surface area contributed by atoms with E-state index < -0.39 is 6.10 Å². The van der Waals surface area contributed by atoms with Gasteiger partial charge in [0.05, 0.1) is 5.71 Å². The molecule has 1 amide bonds. The number of benzene rings is 1. The van der Waals surface area contributed by atoms with Crippen molar-refractivity contribution in [2.24, 2.45) is 11.1 Å². The molecule has 0 unspecified atom stereocenters. The van der Waals surface area contributed by atoms with Crippen molar-refractivity contribution < 1.29 is 14.0 Å². The molecule has 1 atom stereocenters. The predicted octanol–water partition coefficient (Wildman–Crippen LogP) is 2.09. The van der Waals surface area contributed by atoms with Crippen molar-refractivity contribution in [3.8, 4) is 0 Å². The van der Waals surface area contributed by atoms with E-state index in [9.17, 15) is 9.18 Å². The minimum atomic E-state index is -0.659. The Labute approximate surface area is 111 Å². The van der Waals surface area contributed by atoms with E-state index in [2.05, 4.69) is 10.5 Å². The summed E-state index contributed by atoms with van der Waals surface area (Å²) < 4.78 is 13.6. The first kappa shape index (κ1) is 13.5. The normalized spacial score (nSPS) is 18.1. The van der Waals surface area contributed by atoms with E-state index in [0.29, 0.717) is 30.2 Å². The van der Waals surface area contributed by atoms with E-state index in [1.165, 1.54) is 6.07 Å². The molecule has 1 aromatic carbocycles. The maximum atomic E-state index is 13.6. The molecule has 4 nitrogen and oxygen atoms in total. The molecule has 0 fully saturated rings. The number of nitrogens with one attached hydrogen (secondary N) is 1. The van der Waals surface area contributed by atoms with E-state index in [0.717, 1.165) is 0 Å². The number of rotatable bonds is 4. The number of amides is 1. The molecule has 0 radical (unpaired) electrons. The van der Waals surface area contributed by atoms with Crippen LogP contribution >= 0.6 is 0 Å². The summed E-state index contributed by atoms with van der Waals surface area (Å²) in [7, 11) is 0. The first-order valence-corrected chi connectivity index (χ1v) is 6.33. The highest BCUT2D eigenvalue weighted by Gasteiger charge is 2.29. The molecule has 1 heterocycles. The summed E-state index contributed by atoms with van der Waals surface area (Å²) in [5.41, 5.74) is 0.865. The summed E-state index contributed by atoms with van der Waals surface area (Å²) in [5, 5.41) is 6.59. The summed E-state index contributed by atoms with van der Waals surface area (Å²) in [4.78, 5) is 16.9. The second-order valence-corrected chi connectivity index (χ2v) is 4.96. The monoisotopic (exact) mass is 264 g/mol. The van der Waals surface area contributed by atoms with Gasteiger partial charge in [0.2, 0.25) is 6.10 Å². The number of hydrogen-bond acceptors (Lipinski definition) is 3. The van der Waals surface area contributed by atoms with Crippen molar-refractivity contribution in [2.45, 2.75) is 26.4 Å². The molecule has 102 valence electrons. The van der Waals surface area contributed by atoms with Gasteiger partial charge >= 0.3 is 0 Å². The molecule has 5 heteroatoms. The van der Waals surface area contributed by atoms with Crippen molar-refractivity contribution in [3.63, 3.8) is 0 Å². The minimum Gasteiger partial charge on any atom is -0.382 e. The lowest BCUT2D eigenvalue weighted by molar-refractivity contribution is -0.131. The lowest BCUT2D eigenvalue weighted by Gasteiger charge is -2.10. The highest BCUT2D eigenvalue weighted by Crippen LogP contribution is 2.18. The first-order chi connectivity index (χ1) is 9.08. The van der Waals surface area contributed by atoms with Crippen LogP contribution < -0.4 is 5.32 Å².